The van der Waals surface area contributed by atoms with Crippen LogP contribution in [0.15, 0.2) is 30.3 Å². The number of fused-ring (bicyclic) bond motifs is 1. The second kappa shape index (κ2) is 4.87. The molecule has 3 rings (SSSR count). The van der Waals surface area contributed by atoms with Crippen LogP contribution in [0.25, 0.3) is 11.0 Å². The van der Waals surface area contributed by atoms with Gasteiger partial charge in [0.25, 0.3) is 0 Å². The summed E-state index contributed by atoms with van der Waals surface area (Å²) in [5.41, 5.74) is 9.27. The average Bonchev–Trinajstić information content (AvgIpc) is 2.90. The van der Waals surface area contributed by atoms with Crippen LogP contribution in [0.3, 0.4) is 0 Å². The first-order chi connectivity index (χ1) is 9.13. The van der Waals surface area contributed by atoms with E-state index in [1.54, 1.807) is 11.3 Å². The van der Waals surface area contributed by atoms with Crippen molar-refractivity contribution in [2.45, 2.75) is 19.9 Å². The zero-order valence-corrected chi connectivity index (χ0v) is 12.1. The molecule has 2 N–H and O–H groups in total. The van der Waals surface area contributed by atoms with E-state index in [9.17, 15) is 0 Å². The molecule has 19 heavy (non-hydrogen) atoms. The van der Waals surface area contributed by atoms with Gasteiger partial charge in [0.05, 0.1) is 15.4 Å². The molecule has 2 heterocycles. The first-order valence-electron chi connectivity index (χ1n) is 6.10. The summed E-state index contributed by atoms with van der Waals surface area (Å²) in [6.45, 7) is 2.90. The molecule has 0 saturated carbocycles. The number of imidazole rings is 1. The SMILES string of the molecule is Cc1ccc2nc(N)n(CCc3ccc(Cl)s3)c2c1. The minimum absolute atomic E-state index is 0.572. The van der Waals surface area contributed by atoms with Crippen LogP contribution in [0, 0.1) is 6.92 Å². The molecule has 1 aromatic carbocycles. The summed E-state index contributed by atoms with van der Waals surface area (Å²) in [6, 6.07) is 10.2. The molecular formula is C14H14ClN3S. The number of rotatable bonds is 3. The van der Waals surface area contributed by atoms with E-state index in [1.807, 2.05) is 12.1 Å². The number of aryl methyl sites for hydroxylation is 3. The number of thiophene rings is 1. The number of halogens is 1. The van der Waals surface area contributed by atoms with Gasteiger partial charge in [0.15, 0.2) is 0 Å². The van der Waals surface area contributed by atoms with E-state index in [1.165, 1.54) is 10.4 Å². The molecule has 0 aliphatic carbocycles. The maximum Gasteiger partial charge on any atom is 0.201 e. The van der Waals surface area contributed by atoms with E-state index in [-0.39, 0.29) is 0 Å². The van der Waals surface area contributed by atoms with Gasteiger partial charge in [0.1, 0.15) is 0 Å². The van der Waals surface area contributed by atoms with Crippen LogP contribution in [0.5, 0.6) is 0 Å². The van der Waals surface area contributed by atoms with Gasteiger partial charge in [-0.25, -0.2) is 4.98 Å². The van der Waals surface area contributed by atoms with Gasteiger partial charge in [-0.15, -0.1) is 11.3 Å². The molecule has 0 saturated heterocycles. The fourth-order valence-electron chi connectivity index (χ4n) is 2.19. The maximum absolute atomic E-state index is 6.00. The number of nitrogens with zero attached hydrogens (tertiary/aromatic N) is 2. The molecule has 0 aliphatic heterocycles. The van der Waals surface area contributed by atoms with Gasteiger partial charge in [0, 0.05) is 11.4 Å². The Balaban J connectivity index is 1.91. The largest absolute Gasteiger partial charge is 0.369 e. The number of nitrogen functional groups attached to an aromatic ring is 1. The van der Waals surface area contributed by atoms with Crippen LogP contribution in [0.1, 0.15) is 10.4 Å². The molecule has 0 aliphatic rings. The van der Waals surface area contributed by atoms with Crippen molar-refractivity contribution in [1.82, 2.24) is 9.55 Å². The summed E-state index contributed by atoms with van der Waals surface area (Å²) < 4.78 is 2.89. The summed E-state index contributed by atoms with van der Waals surface area (Å²) in [4.78, 5) is 5.65. The molecule has 0 amide bonds. The molecule has 0 atom stereocenters. The Labute approximate surface area is 120 Å². The van der Waals surface area contributed by atoms with Crippen molar-refractivity contribution >= 4 is 39.9 Å². The van der Waals surface area contributed by atoms with E-state index in [0.29, 0.717) is 5.95 Å². The number of nitrogens with two attached hydrogens (primary N) is 1. The number of anilines is 1. The quantitative estimate of drug-likeness (QED) is 0.796. The van der Waals surface area contributed by atoms with Crippen LogP contribution in [0.4, 0.5) is 5.95 Å². The van der Waals surface area contributed by atoms with Gasteiger partial charge in [-0.05, 0) is 43.2 Å². The van der Waals surface area contributed by atoms with Gasteiger partial charge >= 0.3 is 0 Å². The third-order valence-corrected chi connectivity index (χ3v) is 4.43. The molecule has 0 bridgehead atoms. The lowest BCUT2D eigenvalue weighted by atomic mass is 10.2. The average molecular weight is 292 g/mol. The fourth-order valence-corrected chi connectivity index (χ4v) is 3.27. The van der Waals surface area contributed by atoms with E-state index in [0.717, 1.165) is 28.3 Å². The Morgan fingerprint density at radius 2 is 2.16 bits per heavy atom. The van der Waals surface area contributed by atoms with E-state index in [2.05, 4.69) is 34.7 Å². The monoisotopic (exact) mass is 291 g/mol. The Morgan fingerprint density at radius 1 is 1.32 bits per heavy atom. The molecule has 98 valence electrons. The Morgan fingerprint density at radius 3 is 2.89 bits per heavy atom. The first kappa shape index (κ1) is 12.5. The summed E-state index contributed by atoms with van der Waals surface area (Å²) in [6.07, 6.45) is 0.918. The zero-order chi connectivity index (χ0) is 13.4. The molecule has 0 unspecified atom stereocenters. The lowest BCUT2D eigenvalue weighted by Crippen LogP contribution is -2.05. The molecule has 5 heteroatoms. The topological polar surface area (TPSA) is 43.8 Å². The van der Waals surface area contributed by atoms with Gasteiger partial charge in [-0.3, -0.25) is 0 Å². The summed E-state index contributed by atoms with van der Waals surface area (Å²) in [5.74, 6) is 0.572. The van der Waals surface area contributed by atoms with E-state index < -0.39 is 0 Å². The van der Waals surface area contributed by atoms with Crippen molar-refractivity contribution in [2.24, 2.45) is 0 Å². The van der Waals surface area contributed by atoms with Crippen molar-refractivity contribution in [3.8, 4) is 0 Å². The minimum Gasteiger partial charge on any atom is -0.369 e. The molecule has 3 nitrogen and oxygen atoms in total. The lowest BCUT2D eigenvalue weighted by molar-refractivity contribution is 0.732. The zero-order valence-electron chi connectivity index (χ0n) is 10.6. The van der Waals surface area contributed by atoms with Crippen LogP contribution in [-0.2, 0) is 13.0 Å². The second-order valence-corrected chi connectivity index (χ2v) is 6.37. The van der Waals surface area contributed by atoms with Crippen LogP contribution < -0.4 is 5.73 Å². The van der Waals surface area contributed by atoms with Gasteiger partial charge < -0.3 is 10.3 Å². The van der Waals surface area contributed by atoms with Gasteiger partial charge in [-0.2, -0.15) is 0 Å². The maximum atomic E-state index is 6.00. The molecule has 2 aromatic heterocycles. The van der Waals surface area contributed by atoms with Gasteiger partial charge in [-0.1, -0.05) is 17.7 Å². The predicted molar refractivity (Wildman–Crippen MR) is 81.9 cm³/mol. The van der Waals surface area contributed by atoms with Gasteiger partial charge in [0.2, 0.25) is 5.95 Å². The normalized spacial score (nSPS) is 11.3. The smallest absolute Gasteiger partial charge is 0.201 e. The number of benzene rings is 1. The highest BCUT2D eigenvalue weighted by Crippen LogP contribution is 2.24. The Kier molecular flexibility index (Phi) is 3.21. The van der Waals surface area contributed by atoms with Crippen LogP contribution in [-0.4, -0.2) is 9.55 Å². The molecular weight excluding hydrogens is 278 g/mol. The van der Waals surface area contributed by atoms with E-state index in [4.69, 9.17) is 17.3 Å². The van der Waals surface area contributed by atoms with Crippen molar-refractivity contribution in [1.29, 1.82) is 0 Å². The van der Waals surface area contributed by atoms with Crippen LogP contribution >= 0.6 is 22.9 Å². The predicted octanol–water partition coefficient (Wildman–Crippen LogP) is 3.88. The summed E-state index contributed by atoms with van der Waals surface area (Å²) >= 11 is 7.56. The first-order valence-corrected chi connectivity index (χ1v) is 7.29. The van der Waals surface area contributed by atoms with Crippen LogP contribution in [0.2, 0.25) is 4.34 Å². The summed E-state index contributed by atoms with van der Waals surface area (Å²) in [7, 11) is 0. The Bertz CT molecular complexity index is 729. The number of hydrogen-bond acceptors (Lipinski definition) is 3. The standard InChI is InChI=1S/C14H14ClN3S/c1-9-2-4-11-12(8-9)18(14(16)17-11)7-6-10-3-5-13(15)19-10/h2-5,8H,6-7H2,1H3,(H2,16,17). The third-order valence-electron chi connectivity index (χ3n) is 3.14. The highest BCUT2D eigenvalue weighted by molar-refractivity contribution is 7.16. The van der Waals surface area contributed by atoms with Crippen molar-refractivity contribution < 1.29 is 0 Å². The molecule has 0 fully saturated rings. The molecule has 0 radical (unpaired) electrons. The fraction of sp³-hybridized carbons (Fsp3) is 0.214. The molecule has 3 aromatic rings. The van der Waals surface area contributed by atoms with E-state index >= 15 is 0 Å². The highest BCUT2D eigenvalue weighted by atomic mass is 35.5. The third kappa shape index (κ3) is 2.46. The second-order valence-electron chi connectivity index (χ2n) is 4.57. The number of hydrogen-bond donors (Lipinski definition) is 1. The van der Waals surface area contributed by atoms with Crippen molar-refractivity contribution in [3.05, 3.63) is 45.1 Å². The molecule has 0 spiro atoms. The van der Waals surface area contributed by atoms with Crippen molar-refractivity contribution in [3.63, 3.8) is 0 Å². The minimum atomic E-state index is 0.572. The highest BCUT2D eigenvalue weighted by Gasteiger charge is 2.08. The number of aromatic nitrogens is 2. The lowest BCUT2D eigenvalue weighted by Gasteiger charge is -2.05. The Hall–Kier alpha value is -1.52. The summed E-state index contributed by atoms with van der Waals surface area (Å²) in [5, 5.41) is 0. The van der Waals surface area contributed by atoms with Crippen molar-refractivity contribution in [2.75, 3.05) is 5.73 Å².